The van der Waals surface area contributed by atoms with Gasteiger partial charge in [-0.15, -0.1) is 0 Å². The van der Waals surface area contributed by atoms with E-state index in [9.17, 15) is 9.18 Å². The van der Waals surface area contributed by atoms with Crippen molar-refractivity contribution < 1.29 is 13.9 Å². The molecule has 0 radical (unpaired) electrons. The molecule has 0 N–H and O–H groups in total. The van der Waals surface area contributed by atoms with Crippen LogP contribution >= 0.6 is 15.9 Å². The highest BCUT2D eigenvalue weighted by Crippen LogP contribution is 2.40. The Balaban J connectivity index is 1.66. The van der Waals surface area contributed by atoms with E-state index in [0.29, 0.717) is 0 Å². The predicted molar refractivity (Wildman–Crippen MR) is 111 cm³/mol. The van der Waals surface area contributed by atoms with Crippen LogP contribution in [-0.2, 0) is 17.8 Å². The average Bonchev–Trinajstić information content (AvgIpc) is 2.72. The molecule has 0 saturated heterocycles. The Morgan fingerprint density at radius 3 is 2.57 bits per heavy atom. The molecule has 3 nitrogen and oxygen atoms in total. The molecule has 1 aliphatic rings. The first-order valence-corrected chi connectivity index (χ1v) is 9.95. The van der Waals surface area contributed by atoms with Crippen molar-refractivity contribution in [2.75, 3.05) is 4.90 Å². The minimum Gasteiger partial charge on any atom is -0.444 e. The molecule has 0 bridgehead atoms. The molecule has 5 heteroatoms. The summed E-state index contributed by atoms with van der Waals surface area (Å²) in [7, 11) is 0. The molecule has 28 heavy (non-hydrogen) atoms. The third-order valence-electron chi connectivity index (χ3n) is 4.96. The van der Waals surface area contributed by atoms with E-state index >= 15 is 0 Å². The van der Waals surface area contributed by atoms with E-state index in [1.54, 1.807) is 17.0 Å². The van der Waals surface area contributed by atoms with Crippen molar-refractivity contribution in [3.8, 4) is 0 Å². The highest BCUT2D eigenvalue weighted by atomic mass is 79.9. The van der Waals surface area contributed by atoms with Gasteiger partial charge >= 0.3 is 6.09 Å². The van der Waals surface area contributed by atoms with Crippen LogP contribution in [0, 0.1) is 5.82 Å². The van der Waals surface area contributed by atoms with Crippen LogP contribution in [0.15, 0.2) is 77.3 Å². The lowest BCUT2D eigenvalue weighted by Crippen LogP contribution is -2.38. The largest absolute Gasteiger partial charge is 0.444 e. The van der Waals surface area contributed by atoms with Crippen LogP contribution in [0.2, 0.25) is 0 Å². The molecule has 1 amide bonds. The molecule has 1 atom stereocenters. The maximum Gasteiger partial charge on any atom is 0.415 e. The lowest BCUT2D eigenvalue weighted by atomic mass is 9.91. The summed E-state index contributed by atoms with van der Waals surface area (Å²) >= 11 is 3.50. The van der Waals surface area contributed by atoms with Gasteiger partial charge in [0.2, 0.25) is 0 Å². The van der Waals surface area contributed by atoms with Gasteiger partial charge in [0.25, 0.3) is 0 Å². The highest BCUT2D eigenvalue weighted by Gasteiger charge is 2.33. The van der Waals surface area contributed by atoms with Crippen molar-refractivity contribution in [2.24, 2.45) is 0 Å². The number of carbonyl (C=O) groups is 1. The fraction of sp³-hybridized carbons (Fsp3) is 0.174. The Bertz CT molecular complexity index is 976. The van der Waals surface area contributed by atoms with Gasteiger partial charge in [0, 0.05) is 4.47 Å². The zero-order chi connectivity index (χ0) is 19.5. The van der Waals surface area contributed by atoms with Crippen LogP contribution in [0.25, 0.3) is 0 Å². The zero-order valence-electron chi connectivity index (χ0n) is 15.1. The average molecular weight is 440 g/mol. The summed E-state index contributed by atoms with van der Waals surface area (Å²) < 4.78 is 19.9. The maximum atomic E-state index is 13.4. The summed E-state index contributed by atoms with van der Waals surface area (Å²) in [4.78, 5) is 14.8. The van der Waals surface area contributed by atoms with Crippen molar-refractivity contribution in [1.82, 2.24) is 0 Å². The number of ether oxygens (including phenoxy) is 1. The molecule has 0 aromatic heterocycles. The summed E-state index contributed by atoms with van der Waals surface area (Å²) in [5.74, 6) is -0.291. The van der Waals surface area contributed by atoms with Gasteiger partial charge in [-0.3, -0.25) is 4.90 Å². The van der Waals surface area contributed by atoms with Gasteiger partial charge in [0.05, 0.1) is 11.7 Å². The van der Waals surface area contributed by atoms with Gasteiger partial charge < -0.3 is 4.74 Å². The lowest BCUT2D eigenvalue weighted by molar-refractivity contribution is 0.143. The Kier molecular flexibility index (Phi) is 5.44. The van der Waals surface area contributed by atoms with Crippen LogP contribution in [0.1, 0.15) is 29.2 Å². The van der Waals surface area contributed by atoms with E-state index in [0.717, 1.165) is 39.7 Å². The molecule has 3 aromatic carbocycles. The van der Waals surface area contributed by atoms with Gasteiger partial charge in [-0.25, -0.2) is 9.18 Å². The smallest absolute Gasteiger partial charge is 0.415 e. The van der Waals surface area contributed by atoms with Gasteiger partial charge in [-0.05, 0) is 53.8 Å². The Morgan fingerprint density at radius 1 is 1.07 bits per heavy atom. The fourth-order valence-corrected chi connectivity index (χ4v) is 3.93. The van der Waals surface area contributed by atoms with Crippen molar-refractivity contribution in [3.63, 3.8) is 0 Å². The summed E-state index contributed by atoms with van der Waals surface area (Å²) in [6.07, 6.45) is 1.19. The summed E-state index contributed by atoms with van der Waals surface area (Å²) in [5, 5.41) is 0. The van der Waals surface area contributed by atoms with Crippen LogP contribution in [0.4, 0.5) is 14.9 Å². The van der Waals surface area contributed by atoms with E-state index in [2.05, 4.69) is 15.9 Å². The van der Waals surface area contributed by atoms with E-state index in [1.807, 2.05) is 48.5 Å². The molecule has 3 aromatic rings. The summed E-state index contributed by atoms with van der Waals surface area (Å²) in [5.41, 5.74) is 3.75. The second-order valence-corrected chi connectivity index (χ2v) is 7.70. The second kappa shape index (κ2) is 8.15. The zero-order valence-corrected chi connectivity index (χ0v) is 16.7. The molecule has 0 saturated carbocycles. The minimum absolute atomic E-state index is 0.203. The van der Waals surface area contributed by atoms with Crippen LogP contribution in [0.5, 0.6) is 0 Å². The first-order chi connectivity index (χ1) is 13.6. The van der Waals surface area contributed by atoms with Crippen molar-refractivity contribution in [3.05, 3.63) is 99.8 Å². The number of benzene rings is 3. The minimum atomic E-state index is -0.405. The first-order valence-electron chi connectivity index (χ1n) is 9.15. The monoisotopic (exact) mass is 439 g/mol. The number of hydrogen-bond donors (Lipinski definition) is 0. The molecular weight excluding hydrogens is 421 g/mol. The third-order valence-corrected chi connectivity index (χ3v) is 5.46. The van der Waals surface area contributed by atoms with Gasteiger partial charge in [-0.2, -0.15) is 0 Å². The van der Waals surface area contributed by atoms with Crippen molar-refractivity contribution >= 4 is 27.7 Å². The molecule has 1 heterocycles. The van der Waals surface area contributed by atoms with Crippen LogP contribution in [-0.4, -0.2) is 6.09 Å². The second-order valence-electron chi connectivity index (χ2n) is 6.79. The van der Waals surface area contributed by atoms with Gasteiger partial charge in [0.15, 0.2) is 0 Å². The fourth-order valence-electron chi connectivity index (χ4n) is 3.58. The van der Waals surface area contributed by atoms with Crippen molar-refractivity contribution in [1.29, 1.82) is 0 Å². The molecule has 4 rings (SSSR count). The number of carbonyl (C=O) groups excluding carboxylic acids is 1. The SMILES string of the molecule is O=C(OCc1ccccc1)N1c2cc(Br)ccc2CCC1c1ccc(F)cc1. The molecule has 0 spiro atoms. The topological polar surface area (TPSA) is 29.5 Å². The maximum absolute atomic E-state index is 13.4. The van der Waals surface area contributed by atoms with Gasteiger partial charge in [0.1, 0.15) is 12.4 Å². The third kappa shape index (κ3) is 3.94. The summed E-state index contributed by atoms with van der Waals surface area (Å²) in [6.45, 7) is 0.204. The number of amides is 1. The van der Waals surface area contributed by atoms with Crippen molar-refractivity contribution in [2.45, 2.75) is 25.5 Å². The Morgan fingerprint density at radius 2 is 1.82 bits per heavy atom. The van der Waals surface area contributed by atoms with Crippen LogP contribution < -0.4 is 4.90 Å². The number of anilines is 1. The molecule has 142 valence electrons. The standard InChI is InChI=1S/C23H19BrFNO2/c24-19-10-6-18-9-13-21(17-7-11-20(25)12-8-17)26(22(18)14-19)23(27)28-15-16-4-2-1-3-5-16/h1-8,10-12,14,21H,9,13,15H2. The molecule has 1 aliphatic heterocycles. The molecule has 1 unspecified atom stereocenters. The van der Waals surface area contributed by atoms with Crippen LogP contribution in [0.3, 0.4) is 0 Å². The Labute approximate surface area is 171 Å². The molecule has 0 fully saturated rings. The normalized spacial score (nSPS) is 15.8. The lowest BCUT2D eigenvalue weighted by Gasteiger charge is -2.37. The van der Waals surface area contributed by atoms with E-state index in [1.165, 1.54) is 12.1 Å². The number of rotatable bonds is 3. The number of aryl methyl sites for hydroxylation is 1. The number of nitrogens with zero attached hydrogens (tertiary/aromatic N) is 1. The van der Waals surface area contributed by atoms with E-state index < -0.39 is 6.09 Å². The Hall–Kier alpha value is -2.66. The van der Waals surface area contributed by atoms with E-state index in [4.69, 9.17) is 4.74 Å². The molecular formula is C23H19BrFNO2. The molecule has 0 aliphatic carbocycles. The quantitative estimate of drug-likeness (QED) is 0.471. The number of halogens is 2. The first kappa shape index (κ1) is 18.7. The van der Waals surface area contributed by atoms with E-state index in [-0.39, 0.29) is 18.5 Å². The number of fused-ring (bicyclic) bond motifs is 1. The number of hydrogen-bond acceptors (Lipinski definition) is 2. The van der Waals surface area contributed by atoms with Gasteiger partial charge in [-0.1, -0.05) is 64.5 Å². The summed E-state index contributed by atoms with van der Waals surface area (Å²) in [6, 6.07) is 21.7. The highest BCUT2D eigenvalue weighted by molar-refractivity contribution is 9.10. The predicted octanol–water partition coefficient (Wildman–Crippen LogP) is 6.42.